The molecule has 4 nitrogen and oxygen atoms in total. The molecule has 1 unspecified atom stereocenters. The van der Waals surface area contributed by atoms with Gasteiger partial charge in [0.25, 0.3) is 0 Å². The number of halogens is 1. The van der Waals surface area contributed by atoms with E-state index in [1.165, 1.54) is 0 Å². The minimum atomic E-state index is -3.22. The van der Waals surface area contributed by atoms with Crippen molar-refractivity contribution in [2.24, 2.45) is 0 Å². The lowest BCUT2D eigenvalue weighted by atomic mass is 10.0. The molecule has 0 aliphatic rings. The third kappa shape index (κ3) is 5.91. The van der Waals surface area contributed by atoms with Crippen molar-refractivity contribution in [2.45, 2.75) is 32.4 Å². The van der Waals surface area contributed by atoms with Gasteiger partial charge in [0.15, 0.2) is 0 Å². The second-order valence-corrected chi connectivity index (χ2v) is 7.54. The quantitative estimate of drug-likeness (QED) is 0.848. The van der Waals surface area contributed by atoms with E-state index in [-0.39, 0.29) is 6.04 Å². The van der Waals surface area contributed by atoms with Gasteiger partial charge in [0, 0.05) is 23.1 Å². The highest BCUT2D eigenvalue weighted by Gasteiger charge is 2.23. The Bertz CT molecular complexity index is 529. The lowest BCUT2D eigenvalue weighted by Gasteiger charge is -2.27. The summed E-state index contributed by atoms with van der Waals surface area (Å²) >= 11 is 6.12. The fourth-order valence-electron chi connectivity index (χ4n) is 1.88. The fraction of sp³-hybridized carbons (Fsp3) is 0.538. The lowest BCUT2D eigenvalue weighted by Crippen LogP contribution is -2.50. The highest BCUT2D eigenvalue weighted by molar-refractivity contribution is 7.88. The zero-order chi connectivity index (χ0) is 14.7. The summed E-state index contributed by atoms with van der Waals surface area (Å²) in [5.74, 6) is 0. The minimum Gasteiger partial charge on any atom is -0.308 e. The van der Waals surface area contributed by atoms with Crippen LogP contribution in [0, 0.1) is 0 Å². The van der Waals surface area contributed by atoms with Crippen molar-refractivity contribution in [3.8, 4) is 0 Å². The molecule has 0 fully saturated rings. The second kappa shape index (κ2) is 6.22. The van der Waals surface area contributed by atoms with Crippen LogP contribution in [0.25, 0.3) is 0 Å². The summed E-state index contributed by atoms with van der Waals surface area (Å²) in [5.41, 5.74) is 0.447. The molecule has 0 spiro atoms. The number of hydrogen-bond donors (Lipinski definition) is 2. The summed E-state index contributed by atoms with van der Waals surface area (Å²) in [7, 11) is -3.22. The minimum absolute atomic E-state index is 0.0503. The van der Waals surface area contributed by atoms with Gasteiger partial charge < -0.3 is 5.32 Å². The zero-order valence-corrected chi connectivity index (χ0v) is 13.3. The molecule has 0 radical (unpaired) electrons. The maximum Gasteiger partial charge on any atom is 0.209 e. The monoisotopic (exact) mass is 304 g/mol. The van der Waals surface area contributed by atoms with Crippen LogP contribution in [0.2, 0.25) is 5.02 Å². The van der Waals surface area contributed by atoms with E-state index < -0.39 is 15.6 Å². The molecular formula is C13H21ClN2O2S. The van der Waals surface area contributed by atoms with E-state index >= 15 is 0 Å². The molecule has 1 aromatic rings. The van der Waals surface area contributed by atoms with Gasteiger partial charge >= 0.3 is 0 Å². The smallest absolute Gasteiger partial charge is 0.209 e. The van der Waals surface area contributed by atoms with E-state index in [0.29, 0.717) is 11.6 Å². The Hall–Kier alpha value is -0.620. The first-order chi connectivity index (χ1) is 8.61. The predicted octanol–water partition coefficient (Wildman–Crippen LogP) is 2.32. The van der Waals surface area contributed by atoms with E-state index in [1.54, 1.807) is 0 Å². The van der Waals surface area contributed by atoms with Crippen LogP contribution in [0.15, 0.2) is 24.3 Å². The Morgan fingerprint density at radius 3 is 2.42 bits per heavy atom. The lowest BCUT2D eigenvalue weighted by molar-refractivity contribution is 0.399. The predicted molar refractivity (Wildman–Crippen MR) is 79.9 cm³/mol. The van der Waals surface area contributed by atoms with Crippen LogP contribution in [-0.4, -0.2) is 26.8 Å². The van der Waals surface area contributed by atoms with Crippen LogP contribution in [0.1, 0.15) is 32.4 Å². The normalized spacial score (nSPS) is 14.4. The maximum absolute atomic E-state index is 11.3. The molecule has 0 aliphatic heterocycles. The Balaban J connectivity index is 2.64. The first-order valence-electron chi connectivity index (χ1n) is 6.07. The number of rotatable bonds is 6. The van der Waals surface area contributed by atoms with Crippen molar-refractivity contribution in [2.75, 3.05) is 12.8 Å². The van der Waals surface area contributed by atoms with Gasteiger partial charge in [-0.25, -0.2) is 13.1 Å². The van der Waals surface area contributed by atoms with Gasteiger partial charge in [-0.05, 0) is 32.4 Å². The largest absolute Gasteiger partial charge is 0.308 e. The van der Waals surface area contributed by atoms with Gasteiger partial charge in [0.05, 0.1) is 6.26 Å². The summed E-state index contributed by atoms with van der Waals surface area (Å²) in [6, 6.07) is 7.66. The molecule has 19 heavy (non-hydrogen) atoms. The van der Waals surface area contributed by atoms with E-state index in [0.717, 1.165) is 11.8 Å². The van der Waals surface area contributed by atoms with Gasteiger partial charge in [-0.1, -0.05) is 29.8 Å². The van der Waals surface area contributed by atoms with Gasteiger partial charge in [-0.2, -0.15) is 0 Å². The van der Waals surface area contributed by atoms with Crippen molar-refractivity contribution in [3.05, 3.63) is 34.9 Å². The SMILES string of the molecule is CC(NCC(C)(C)NS(C)(=O)=O)c1ccccc1Cl. The molecule has 0 amide bonds. The molecule has 0 bridgehead atoms. The van der Waals surface area contributed by atoms with Crippen molar-refractivity contribution in [3.63, 3.8) is 0 Å². The van der Waals surface area contributed by atoms with Crippen LogP contribution in [0.4, 0.5) is 0 Å². The number of hydrogen-bond acceptors (Lipinski definition) is 3. The summed E-state index contributed by atoms with van der Waals surface area (Å²) in [5, 5.41) is 4.00. The van der Waals surface area contributed by atoms with Gasteiger partial charge in [0.2, 0.25) is 10.0 Å². The molecule has 0 aliphatic carbocycles. The van der Waals surface area contributed by atoms with Crippen LogP contribution < -0.4 is 10.0 Å². The van der Waals surface area contributed by atoms with Crippen molar-refractivity contribution < 1.29 is 8.42 Å². The van der Waals surface area contributed by atoms with Crippen LogP contribution in [-0.2, 0) is 10.0 Å². The molecule has 1 aromatic carbocycles. The highest BCUT2D eigenvalue weighted by Crippen LogP contribution is 2.22. The molecule has 2 N–H and O–H groups in total. The zero-order valence-electron chi connectivity index (χ0n) is 11.7. The molecule has 0 aromatic heterocycles. The van der Waals surface area contributed by atoms with Crippen molar-refractivity contribution >= 4 is 21.6 Å². The molecule has 0 saturated carbocycles. The summed E-state index contributed by atoms with van der Waals surface area (Å²) in [6.07, 6.45) is 1.16. The second-order valence-electron chi connectivity index (χ2n) is 5.38. The van der Waals surface area contributed by atoms with E-state index in [9.17, 15) is 8.42 Å². The average molecular weight is 305 g/mol. The van der Waals surface area contributed by atoms with Gasteiger partial charge in [0.1, 0.15) is 0 Å². The molecule has 108 valence electrons. The number of benzene rings is 1. The van der Waals surface area contributed by atoms with Crippen LogP contribution in [0.5, 0.6) is 0 Å². The molecule has 1 atom stereocenters. The van der Waals surface area contributed by atoms with E-state index in [1.807, 2.05) is 45.0 Å². The first-order valence-corrected chi connectivity index (χ1v) is 8.34. The molecule has 0 heterocycles. The van der Waals surface area contributed by atoms with Gasteiger partial charge in [-0.3, -0.25) is 0 Å². The third-order valence-corrected chi connectivity index (χ3v) is 3.95. The topological polar surface area (TPSA) is 58.2 Å². The third-order valence-electron chi connectivity index (χ3n) is 2.68. The highest BCUT2D eigenvalue weighted by atomic mass is 35.5. The standard InChI is InChI=1S/C13H21ClN2O2S/c1-10(11-7-5-6-8-12(11)14)15-9-13(2,3)16-19(4,17)18/h5-8,10,15-16H,9H2,1-4H3. The van der Waals surface area contributed by atoms with Crippen LogP contribution >= 0.6 is 11.6 Å². The molecule has 1 rings (SSSR count). The van der Waals surface area contributed by atoms with E-state index in [2.05, 4.69) is 10.0 Å². The van der Waals surface area contributed by atoms with E-state index in [4.69, 9.17) is 11.6 Å². The molecular weight excluding hydrogens is 284 g/mol. The Kier molecular flexibility index (Phi) is 5.38. The number of sulfonamides is 1. The average Bonchev–Trinajstić information content (AvgIpc) is 2.23. The van der Waals surface area contributed by atoms with Crippen molar-refractivity contribution in [1.82, 2.24) is 10.0 Å². The van der Waals surface area contributed by atoms with Crippen molar-refractivity contribution in [1.29, 1.82) is 0 Å². The summed E-state index contributed by atoms with van der Waals surface area (Å²) in [4.78, 5) is 0. The Labute approximate surface area is 120 Å². The summed E-state index contributed by atoms with van der Waals surface area (Å²) < 4.78 is 25.1. The Morgan fingerprint density at radius 1 is 1.32 bits per heavy atom. The first kappa shape index (κ1) is 16.4. The molecule has 0 saturated heterocycles. The number of nitrogens with one attached hydrogen (secondary N) is 2. The Morgan fingerprint density at radius 2 is 1.89 bits per heavy atom. The van der Waals surface area contributed by atoms with Crippen LogP contribution in [0.3, 0.4) is 0 Å². The summed E-state index contributed by atoms with van der Waals surface area (Å²) in [6.45, 7) is 6.17. The molecule has 6 heteroatoms. The fourth-order valence-corrected chi connectivity index (χ4v) is 3.26. The van der Waals surface area contributed by atoms with Gasteiger partial charge in [-0.15, -0.1) is 0 Å². The maximum atomic E-state index is 11.3.